The number of ether oxygens (including phenoxy) is 1. The zero-order valence-corrected chi connectivity index (χ0v) is 17.3. The van der Waals surface area contributed by atoms with Gasteiger partial charge in [-0.15, -0.1) is 0 Å². The van der Waals surface area contributed by atoms with Gasteiger partial charge in [0.2, 0.25) is 5.52 Å². The minimum absolute atomic E-state index is 0.0870. The molecule has 1 atom stereocenters. The van der Waals surface area contributed by atoms with Crippen molar-refractivity contribution in [3.8, 4) is 11.1 Å². The first-order valence-corrected chi connectivity index (χ1v) is 10.5. The molecule has 0 amide bonds. The van der Waals surface area contributed by atoms with E-state index in [4.69, 9.17) is 9.72 Å². The molecule has 1 aliphatic rings. The number of pyridine rings is 2. The third-order valence-corrected chi connectivity index (χ3v) is 5.86. The lowest BCUT2D eigenvalue weighted by Crippen LogP contribution is -2.44. The quantitative estimate of drug-likeness (QED) is 0.492. The molecule has 0 spiro atoms. The van der Waals surface area contributed by atoms with Gasteiger partial charge < -0.3 is 4.74 Å². The zero-order chi connectivity index (χ0) is 20.0. The maximum Gasteiger partial charge on any atom is 0.286 e. The fourth-order valence-electron chi connectivity index (χ4n) is 4.43. The van der Waals surface area contributed by atoms with E-state index >= 15 is 0 Å². The van der Waals surface area contributed by atoms with Crippen molar-refractivity contribution in [2.75, 3.05) is 6.61 Å². The summed E-state index contributed by atoms with van der Waals surface area (Å²) < 4.78 is 8.18. The molecule has 1 fully saturated rings. The van der Waals surface area contributed by atoms with E-state index in [1.54, 1.807) is 0 Å². The van der Waals surface area contributed by atoms with Gasteiger partial charge in [-0.25, -0.2) is 0 Å². The van der Waals surface area contributed by atoms with Crippen LogP contribution in [0.25, 0.3) is 32.8 Å². The molecule has 1 unspecified atom stereocenters. The fourth-order valence-corrected chi connectivity index (χ4v) is 4.43. The van der Waals surface area contributed by atoms with Crippen molar-refractivity contribution in [1.29, 1.82) is 0 Å². The maximum absolute atomic E-state index is 6.01. The van der Waals surface area contributed by atoms with Gasteiger partial charge in [-0.05, 0) is 54.8 Å². The summed E-state index contributed by atoms with van der Waals surface area (Å²) in [6.45, 7) is 7.27. The van der Waals surface area contributed by atoms with Crippen molar-refractivity contribution in [3.63, 3.8) is 0 Å². The van der Waals surface area contributed by atoms with Crippen LogP contribution < -0.4 is 4.68 Å². The lowest BCUT2D eigenvalue weighted by Gasteiger charge is -2.17. The molecule has 0 radical (unpaired) electrons. The summed E-state index contributed by atoms with van der Waals surface area (Å²) in [5.74, 6) is 0.338. The van der Waals surface area contributed by atoms with E-state index in [0.29, 0.717) is 5.92 Å². The molecule has 1 saturated heterocycles. The second kappa shape index (κ2) is 7.23. The molecule has 4 aromatic rings. The van der Waals surface area contributed by atoms with Gasteiger partial charge in [0, 0.05) is 41.5 Å². The highest BCUT2D eigenvalue weighted by Gasteiger charge is 2.27. The highest BCUT2D eigenvalue weighted by molar-refractivity contribution is 6.03. The van der Waals surface area contributed by atoms with Crippen molar-refractivity contribution in [3.05, 3.63) is 54.2 Å². The molecule has 5 nitrogen and oxygen atoms in total. The van der Waals surface area contributed by atoms with Gasteiger partial charge in [-0.2, -0.15) is 5.10 Å². The summed E-state index contributed by atoms with van der Waals surface area (Å²) in [7, 11) is 0. The summed E-state index contributed by atoms with van der Waals surface area (Å²) in [5.41, 5.74) is 5.70. The molecule has 1 aliphatic heterocycles. The van der Waals surface area contributed by atoms with E-state index in [2.05, 4.69) is 59.1 Å². The van der Waals surface area contributed by atoms with Crippen LogP contribution in [-0.4, -0.2) is 21.7 Å². The van der Waals surface area contributed by atoms with Crippen LogP contribution in [0.5, 0.6) is 0 Å². The van der Waals surface area contributed by atoms with Crippen molar-refractivity contribution in [1.82, 2.24) is 15.1 Å². The second-order valence-electron chi connectivity index (χ2n) is 8.32. The highest BCUT2D eigenvalue weighted by atomic mass is 16.5. The number of nitrogens with zero attached hydrogens (tertiary/aromatic N) is 3. The number of benzene rings is 1. The minimum atomic E-state index is 0.0870. The molecule has 4 heterocycles. The summed E-state index contributed by atoms with van der Waals surface area (Å²) in [6.07, 6.45) is 9.47. The van der Waals surface area contributed by atoms with Gasteiger partial charge in [0.05, 0.1) is 23.9 Å². The van der Waals surface area contributed by atoms with Crippen LogP contribution in [-0.2, 0) is 4.74 Å². The van der Waals surface area contributed by atoms with Crippen molar-refractivity contribution >= 4 is 21.7 Å². The number of H-pyrrole nitrogens is 1. The van der Waals surface area contributed by atoms with Crippen LogP contribution in [0.15, 0.2) is 42.9 Å². The summed E-state index contributed by atoms with van der Waals surface area (Å²) in [6, 6.07) is 8.78. The lowest BCUT2D eigenvalue weighted by molar-refractivity contribution is -0.790. The van der Waals surface area contributed by atoms with Crippen LogP contribution in [0.3, 0.4) is 0 Å². The normalized spacial score (nSPS) is 17.4. The van der Waals surface area contributed by atoms with E-state index in [1.165, 1.54) is 33.8 Å². The smallest absolute Gasteiger partial charge is 0.286 e. The second-order valence-corrected chi connectivity index (χ2v) is 8.32. The van der Waals surface area contributed by atoms with Crippen LogP contribution in [0.1, 0.15) is 56.6 Å². The topological polar surface area (TPSA) is 54.7 Å². The van der Waals surface area contributed by atoms with Gasteiger partial charge in [-0.1, -0.05) is 18.5 Å². The molecule has 0 saturated carbocycles. The Morgan fingerprint density at radius 1 is 1.14 bits per heavy atom. The van der Waals surface area contributed by atoms with Crippen molar-refractivity contribution in [2.24, 2.45) is 0 Å². The zero-order valence-electron chi connectivity index (χ0n) is 17.3. The molecule has 5 heteroatoms. The van der Waals surface area contributed by atoms with Gasteiger partial charge >= 0.3 is 0 Å². The lowest BCUT2D eigenvalue weighted by atomic mass is 9.92. The standard InChI is InChI=1S/C24H26N4O/c1-15(2)24-23(17-7-8-25-16(3)10-17)20-11-19-14-27-28(22-6-4-5-9-29-22)21(19)12-18(20)13-26-24/h7-8,10-15,22H,4-6,9H2,1-3H3/p+1. The van der Waals surface area contributed by atoms with E-state index in [0.717, 1.165) is 36.2 Å². The molecule has 0 aliphatic carbocycles. The van der Waals surface area contributed by atoms with Crippen LogP contribution in [0, 0.1) is 6.92 Å². The van der Waals surface area contributed by atoms with Gasteiger partial charge in [0.15, 0.2) is 0 Å². The van der Waals surface area contributed by atoms with Crippen molar-refractivity contribution < 1.29 is 9.42 Å². The first-order valence-electron chi connectivity index (χ1n) is 10.5. The van der Waals surface area contributed by atoms with E-state index in [9.17, 15) is 0 Å². The first-order chi connectivity index (χ1) is 14.1. The Balaban J connectivity index is 1.75. The number of nitrogens with one attached hydrogen (secondary N) is 1. The number of aromatic nitrogens is 4. The predicted octanol–water partition coefficient (Wildman–Crippen LogP) is 5.20. The Labute approximate surface area is 170 Å². The van der Waals surface area contributed by atoms with Gasteiger partial charge in [0.1, 0.15) is 0 Å². The average molecular weight is 388 g/mol. The van der Waals surface area contributed by atoms with E-state index in [1.807, 2.05) is 19.3 Å². The predicted molar refractivity (Wildman–Crippen MR) is 115 cm³/mol. The molecule has 29 heavy (non-hydrogen) atoms. The molecule has 3 aromatic heterocycles. The van der Waals surface area contributed by atoms with E-state index < -0.39 is 0 Å². The largest absolute Gasteiger partial charge is 0.319 e. The number of hydrogen-bond acceptors (Lipinski definition) is 3. The molecular weight excluding hydrogens is 360 g/mol. The molecule has 5 rings (SSSR count). The van der Waals surface area contributed by atoms with Gasteiger partial charge in [0.25, 0.3) is 6.23 Å². The Morgan fingerprint density at radius 3 is 2.79 bits per heavy atom. The average Bonchev–Trinajstić information content (AvgIpc) is 3.14. The molecular formula is C24H27N4O+. The van der Waals surface area contributed by atoms with Crippen LogP contribution in [0.2, 0.25) is 0 Å². The Morgan fingerprint density at radius 2 is 2.03 bits per heavy atom. The summed E-state index contributed by atoms with van der Waals surface area (Å²) in [4.78, 5) is 9.26. The third kappa shape index (κ3) is 3.19. The van der Waals surface area contributed by atoms with Crippen LogP contribution in [0.4, 0.5) is 0 Å². The Kier molecular flexibility index (Phi) is 4.55. The Hall–Kier alpha value is -2.79. The van der Waals surface area contributed by atoms with Crippen LogP contribution >= 0.6 is 0 Å². The SMILES string of the molecule is Cc1cc(-c2c(C(C)C)ncc3cc4c(c[nH][n+]4C4CCCCO4)cc23)ccn1. The maximum atomic E-state index is 6.01. The van der Waals surface area contributed by atoms with Gasteiger partial charge in [-0.3, -0.25) is 9.97 Å². The summed E-state index contributed by atoms with van der Waals surface area (Å²) in [5, 5.41) is 7.00. The number of hydrogen-bond donors (Lipinski definition) is 1. The van der Waals surface area contributed by atoms with E-state index in [-0.39, 0.29) is 6.23 Å². The minimum Gasteiger partial charge on any atom is -0.319 e. The monoisotopic (exact) mass is 387 g/mol. The number of fused-ring (bicyclic) bond motifs is 2. The third-order valence-electron chi connectivity index (χ3n) is 5.86. The number of aryl methyl sites for hydroxylation is 1. The number of rotatable bonds is 3. The summed E-state index contributed by atoms with van der Waals surface area (Å²) >= 11 is 0. The molecule has 0 bridgehead atoms. The Bertz CT molecular complexity index is 1190. The molecule has 148 valence electrons. The molecule has 1 N–H and O–H groups in total. The van der Waals surface area contributed by atoms with Crippen molar-refractivity contribution in [2.45, 2.75) is 52.2 Å². The number of aromatic amines is 1. The first kappa shape index (κ1) is 18.3. The highest BCUT2D eigenvalue weighted by Crippen LogP contribution is 2.36. The molecule has 1 aromatic carbocycles. The fraction of sp³-hybridized carbons (Fsp3) is 0.375.